The van der Waals surface area contributed by atoms with Gasteiger partial charge in [-0.05, 0) is 30.7 Å². The number of benzene rings is 2. The maximum atomic E-state index is 13.6. The van der Waals surface area contributed by atoms with Gasteiger partial charge in [0.1, 0.15) is 35.8 Å². The third kappa shape index (κ3) is 7.30. The van der Waals surface area contributed by atoms with E-state index in [2.05, 4.69) is 10.3 Å². The van der Waals surface area contributed by atoms with Crippen molar-refractivity contribution in [2.45, 2.75) is 13.0 Å². The Bertz CT molecular complexity index is 926. The molecular formula is C22H26ClF2N3O4. The summed E-state index contributed by atoms with van der Waals surface area (Å²) in [4.78, 5) is 14.1. The Balaban J connectivity index is 1.33. The van der Waals surface area contributed by atoms with Gasteiger partial charge in [-0.25, -0.2) is 13.8 Å². The van der Waals surface area contributed by atoms with Crippen LogP contribution in [-0.2, 0) is 4.79 Å². The summed E-state index contributed by atoms with van der Waals surface area (Å²) >= 11 is 5.62. The Labute approximate surface area is 190 Å². The third-order valence-electron chi connectivity index (χ3n) is 4.97. The highest BCUT2D eigenvalue weighted by Gasteiger charge is 2.21. The van der Waals surface area contributed by atoms with Gasteiger partial charge in [0, 0.05) is 44.9 Å². The molecule has 1 aliphatic rings. The van der Waals surface area contributed by atoms with Crippen LogP contribution in [0.15, 0.2) is 36.4 Å². The van der Waals surface area contributed by atoms with Crippen LogP contribution in [0.5, 0.6) is 11.5 Å². The van der Waals surface area contributed by atoms with Crippen LogP contribution in [0.25, 0.3) is 0 Å². The van der Waals surface area contributed by atoms with Crippen LogP contribution in [0.1, 0.15) is 5.56 Å². The summed E-state index contributed by atoms with van der Waals surface area (Å²) in [6, 6.07) is 8.57. The Morgan fingerprint density at radius 1 is 1.09 bits per heavy atom. The fourth-order valence-electron chi connectivity index (χ4n) is 3.17. The summed E-state index contributed by atoms with van der Waals surface area (Å²) in [7, 11) is 0. The summed E-state index contributed by atoms with van der Waals surface area (Å²) in [6.07, 6.45) is -0.728. The second kappa shape index (κ2) is 11.4. The summed E-state index contributed by atoms with van der Waals surface area (Å²) < 4.78 is 37.7. The molecule has 0 spiro atoms. The van der Waals surface area contributed by atoms with Gasteiger partial charge in [0.15, 0.2) is 6.61 Å². The van der Waals surface area contributed by atoms with Crippen molar-refractivity contribution in [3.63, 3.8) is 0 Å². The number of aliphatic hydroxyl groups excluding tert-OH is 1. The van der Waals surface area contributed by atoms with E-state index in [1.807, 2.05) is 0 Å². The topological polar surface area (TPSA) is 74.3 Å². The van der Waals surface area contributed by atoms with Gasteiger partial charge in [-0.15, -0.1) is 0 Å². The molecule has 2 aromatic rings. The van der Waals surface area contributed by atoms with Crippen molar-refractivity contribution >= 4 is 17.5 Å². The average Bonchev–Trinajstić information content (AvgIpc) is 2.77. The molecule has 1 amide bonds. The fraction of sp³-hybridized carbons (Fsp3) is 0.409. The number of rotatable bonds is 9. The zero-order valence-corrected chi connectivity index (χ0v) is 18.4. The molecule has 1 aliphatic heterocycles. The average molecular weight is 470 g/mol. The summed E-state index contributed by atoms with van der Waals surface area (Å²) in [6.45, 7) is 4.29. The normalized spacial score (nSPS) is 15.9. The van der Waals surface area contributed by atoms with Gasteiger partial charge in [0.05, 0.1) is 5.02 Å². The molecular weight excluding hydrogens is 444 g/mol. The lowest BCUT2D eigenvalue weighted by Crippen LogP contribution is -2.55. The number of carbonyl (C=O) groups is 1. The first-order valence-corrected chi connectivity index (χ1v) is 10.6. The van der Waals surface area contributed by atoms with E-state index in [4.69, 9.17) is 21.1 Å². The van der Waals surface area contributed by atoms with E-state index in [-0.39, 0.29) is 35.7 Å². The molecule has 0 aliphatic carbocycles. The molecule has 2 N–H and O–H groups in total. The van der Waals surface area contributed by atoms with Crippen molar-refractivity contribution in [3.05, 3.63) is 58.6 Å². The first kappa shape index (κ1) is 24.2. The minimum absolute atomic E-state index is 0.0135. The number of halogens is 3. The highest BCUT2D eigenvalue weighted by molar-refractivity contribution is 6.30. The van der Waals surface area contributed by atoms with Crippen molar-refractivity contribution < 1.29 is 28.2 Å². The van der Waals surface area contributed by atoms with Gasteiger partial charge in [-0.1, -0.05) is 17.7 Å². The number of hydrogen-bond donors (Lipinski definition) is 2. The molecule has 1 heterocycles. The highest BCUT2D eigenvalue weighted by atomic mass is 35.5. The van der Waals surface area contributed by atoms with E-state index >= 15 is 0 Å². The quantitative estimate of drug-likeness (QED) is 0.587. The van der Waals surface area contributed by atoms with Crippen molar-refractivity contribution in [2.24, 2.45) is 0 Å². The van der Waals surface area contributed by atoms with E-state index in [9.17, 15) is 18.7 Å². The van der Waals surface area contributed by atoms with E-state index < -0.39 is 11.9 Å². The number of nitrogens with zero attached hydrogens (tertiary/aromatic N) is 2. The smallest absolute Gasteiger partial charge is 0.272 e. The Hall–Kier alpha value is -2.46. The van der Waals surface area contributed by atoms with Gasteiger partial charge < -0.3 is 14.6 Å². The lowest BCUT2D eigenvalue weighted by atomic mass is 10.2. The maximum Gasteiger partial charge on any atom is 0.272 e. The number of β-amino-alcohol motifs (C(OH)–C–C–N with tert-alkyl or cyclic N) is 1. The molecule has 2 aromatic carbocycles. The number of aliphatic hydroxyl groups is 1. The van der Waals surface area contributed by atoms with Gasteiger partial charge in [0.2, 0.25) is 0 Å². The zero-order valence-electron chi connectivity index (χ0n) is 17.7. The van der Waals surface area contributed by atoms with Crippen molar-refractivity contribution in [1.29, 1.82) is 0 Å². The molecule has 0 bridgehead atoms. The van der Waals surface area contributed by atoms with E-state index in [1.54, 1.807) is 24.1 Å². The molecule has 1 unspecified atom stereocenters. The van der Waals surface area contributed by atoms with Gasteiger partial charge in [-0.3, -0.25) is 15.1 Å². The monoisotopic (exact) mass is 469 g/mol. The lowest BCUT2D eigenvalue weighted by Gasteiger charge is -2.35. The number of hydrogen-bond acceptors (Lipinski definition) is 6. The Morgan fingerprint density at radius 2 is 1.75 bits per heavy atom. The summed E-state index contributed by atoms with van der Waals surface area (Å²) in [5, 5.41) is 12.0. The SMILES string of the molecule is Cc1ccc(OCC(O)CN2CCN(NC(=O)COc3ccc(Cl)c(F)c3)CC2)cc1F. The van der Waals surface area contributed by atoms with Crippen molar-refractivity contribution in [1.82, 2.24) is 15.3 Å². The number of hydrazine groups is 1. The first-order valence-electron chi connectivity index (χ1n) is 10.2. The molecule has 174 valence electrons. The van der Waals surface area contributed by atoms with Crippen LogP contribution in [0, 0.1) is 18.6 Å². The number of amides is 1. The molecule has 1 fully saturated rings. The number of piperazine rings is 1. The Morgan fingerprint density at radius 3 is 2.44 bits per heavy atom. The minimum Gasteiger partial charge on any atom is -0.491 e. The van der Waals surface area contributed by atoms with Crippen LogP contribution in [0.4, 0.5) is 8.78 Å². The standard InChI is InChI=1S/C22H26ClF2N3O4/c1-15-2-3-17(10-20(15)24)31-13-16(29)12-27-6-8-28(9-7-27)26-22(30)14-32-18-4-5-19(23)21(25)11-18/h2-5,10-11,16,29H,6-9,12-14H2,1H3,(H,26,30). The van der Waals surface area contributed by atoms with Crippen LogP contribution >= 0.6 is 11.6 Å². The van der Waals surface area contributed by atoms with E-state index in [0.29, 0.717) is 44.0 Å². The maximum absolute atomic E-state index is 13.6. The van der Waals surface area contributed by atoms with Gasteiger partial charge in [-0.2, -0.15) is 0 Å². The molecule has 0 aromatic heterocycles. The molecule has 0 saturated carbocycles. The summed E-state index contributed by atoms with van der Waals surface area (Å²) in [5.41, 5.74) is 3.28. The van der Waals surface area contributed by atoms with Gasteiger partial charge >= 0.3 is 0 Å². The van der Waals surface area contributed by atoms with E-state index in [1.165, 1.54) is 18.2 Å². The molecule has 32 heavy (non-hydrogen) atoms. The minimum atomic E-state index is -0.728. The van der Waals surface area contributed by atoms with Crippen molar-refractivity contribution in [2.75, 3.05) is 45.9 Å². The number of aryl methyl sites for hydroxylation is 1. The molecule has 3 rings (SSSR count). The fourth-order valence-corrected chi connectivity index (χ4v) is 3.29. The molecule has 1 atom stereocenters. The molecule has 0 radical (unpaired) electrons. The van der Waals surface area contributed by atoms with E-state index in [0.717, 1.165) is 6.07 Å². The third-order valence-corrected chi connectivity index (χ3v) is 5.28. The first-order chi connectivity index (χ1) is 15.3. The number of nitrogens with one attached hydrogen (secondary N) is 1. The van der Waals surface area contributed by atoms with Crippen molar-refractivity contribution in [3.8, 4) is 11.5 Å². The second-order valence-electron chi connectivity index (χ2n) is 7.56. The number of ether oxygens (including phenoxy) is 2. The molecule has 10 heteroatoms. The van der Waals surface area contributed by atoms with Crippen LogP contribution in [0.2, 0.25) is 5.02 Å². The predicted octanol–water partition coefficient (Wildman–Crippen LogP) is 2.39. The molecule has 1 saturated heterocycles. The van der Waals surface area contributed by atoms with Gasteiger partial charge in [0.25, 0.3) is 5.91 Å². The Kier molecular flexibility index (Phi) is 8.63. The van der Waals surface area contributed by atoms with Crippen LogP contribution in [-0.4, -0.2) is 73.0 Å². The largest absolute Gasteiger partial charge is 0.491 e. The highest BCUT2D eigenvalue weighted by Crippen LogP contribution is 2.20. The zero-order chi connectivity index (χ0) is 23.1. The summed E-state index contributed by atoms with van der Waals surface area (Å²) in [5.74, 6) is -0.715. The van der Waals surface area contributed by atoms with Crippen LogP contribution < -0.4 is 14.9 Å². The molecule has 7 nitrogen and oxygen atoms in total. The van der Waals surface area contributed by atoms with Crippen LogP contribution in [0.3, 0.4) is 0 Å². The predicted molar refractivity (Wildman–Crippen MR) is 116 cm³/mol. The number of carbonyl (C=O) groups excluding carboxylic acids is 1. The second-order valence-corrected chi connectivity index (χ2v) is 7.97. The lowest BCUT2D eigenvalue weighted by molar-refractivity contribution is -0.129.